The van der Waals surface area contributed by atoms with Gasteiger partial charge in [0.1, 0.15) is 5.75 Å². The van der Waals surface area contributed by atoms with E-state index >= 15 is 0 Å². The summed E-state index contributed by atoms with van der Waals surface area (Å²) in [6.07, 6.45) is 2.16. The maximum Gasteiger partial charge on any atom is 0.260 e. The minimum atomic E-state index is -0.0107. The lowest BCUT2D eigenvalue weighted by atomic mass is 10.0. The monoisotopic (exact) mass is 424 g/mol. The summed E-state index contributed by atoms with van der Waals surface area (Å²) in [5, 5.41) is 0. The number of hydrogen-bond acceptors (Lipinski definition) is 4. The van der Waals surface area contributed by atoms with Crippen LogP contribution in [0.3, 0.4) is 0 Å². The molecule has 3 rings (SSSR count). The van der Waals surface area contributed by atoms with Crippen LogP contribution in [0.25, 0.3) is 0 Å². The molecule has 0 radical (unpaired) electrons. The molecule has 0 aliphatic carbocycles. The van der Waals surface area contributed by atoms with Crippen LogP contribution in [0.4, 0.5) is 5.69 Å². The molecule has 5 heteroatoms. The number of amides is 1. The van der Waals surface area contributed by atoms with Crippen LogP contribution in [0.2, 0.25) is 0 Å². The molecule has 1 unspecified atom stereocenters. The van der Waals surface area contributed by atoms with Crippen molar-refractivity contribution >= 4 is 11.6 Å². The minimum absolute atomic E-state index is 0.0107. The third-order valence-electron chi connectivity index (χ3n) is 5.77. The van der Waals surface area contributed by atoms with Gasteiger partial charge < -0.3 is 19.3 Å². The highest BCUT2D eigenvalue weighted by Gasteiger charge is 2.23. The Morgan fingerprint density at radius 3 is 2.52 bits per heavy atom. The number of benzene rings is 2. The number of carbonyl (C=O) groups excluding carboxylic acids is 1. The highest BCUT2D eigenvalue weighted by atomic mass is 16.5. The molecule has 5 nitrogen and oxygen atoms in total. The van der Waals surface area contributed by atoms with Crippen molar-refractivity contribution in [2.45, 2.75) is 52.2 Å². The summed E-state index contributed by atoms with van der Waals surface area (Å²) in [6.45, 7) is 8.29. The molecule has 1 fully saturated rings. The molecular formula is C26H36N2O3. The third-order valence-corrected chi connectivity index (χ3v) is 5.77. The lowest BCUT2D eigenvalue weighted by Crippen LogP contribution is -2.39. The first-order valence-corrected chi connectivity index (χ1v) is 11.2. The fourth-order valence-electron chi connectivity index (χ4n) is 3.88. The number of anilines is 1. The Bertz CT molecular complexity index is 855. The Morgan fingerprint density at radius 1 is 1.16 bits per heavy atom. The molecule has 168 valence electrons. The largest absolute Gasteiger partial charge is 0.483 e. The highest BCUT2D eigenvalue weighted by molar-refractivity contribution is 5.78. The van der Waals surface area contributed by atoms with E-state index in [1.807, 2.05) is 32.0 Å². The minimum Gasteiger partial charge on any atom is -0.483 e. The lowest BCUT2D eigenvalue weighted by Gasteiger charge is -2.26. The van der Waals surface area contributed by atoms with Crippen LogP contribution in [0.15, 0.2) is 42.5 Å². The zero-order valence-electron chi connectivity index (χ0n) is 19.6. The molecule has 0 N–H and O–H groups in total. The highest BCUT2D eigenvalue weighted by Crippen LogP contribution is 2.27. The topological polar surface area (TPSA) is 42.0 Å². The molecular weight excluding hydrogens is 388 g/mol. The molecule has 1 aliphatic rings. The van der Waals surface area contributed by atoms with Gasteiger partial charge in [0.2, 0.25) is 0 Å². The lowest BCUT2D eigenvalue weighted by molar-refractivity contribution is -0.135. The second-order valence-electron chi connectivity index (χ2n) is 8.95. The molecule has 0 spiro atoms. The molecule has 0 aromatic heterocycles. The first-order valence-electron chi connectivity index (χ1n) is 11.2. The number of rotatable bonds is 9. The molecule has 0 saturated carbocycles. The summed E-state index contributed by atoms with van der Waals surface area (Å²) in [7, 11) is 4.05. The molecule has 1 aliphatic heterocycles. The van der Waals surface area contributed by atoms with Gasteiger partial charge in [-0.25, -0.2) is 0 Å². The first kappa shape index (κ1) is 23.1. The van der Waals surface area contributed by atoms with Gasteiger partial charge in [-0.05, 0) is 60.6 Å². The van der Waals surface area contributed by atoms with Crippen LogP contribution < -0.4 is 9.64 Å². The third kappa shape index (κ3) is 6.47. The quantitative estimate of drug-likeness (QED) is 0.581. The fraction of sp³-hybridized carbons (Fsp3) is 0.500. The van der Waals surface area contributed by atoms with Gasteiger partial charge in [0.15, 0.2) is 6.61 Å². The SMILES string of the molecule is Cc1ccc(C(C)C)c(OCC(=O)N(Cc2ccc(N(C)C)cc2)CC2CCCO2)c1. The van der Waals surface area contributed by atoms with E-state index in [1.54, 1.807) is 0 Å². The second kappa shape index (κ2) is 10.7. The van der Waals surface area contributed by atoms with E-state index < -0.39 is 0 Å². The zero-order valence-corrected chi connectivity index (χ0v) is 19.6. The van der Waals surface area contributed by atoms with Crippen molar-refractivity contribution in [2.24, 2.45) is 0 Å². The molecule has 2 aromatic carbocycles. The van der Waals surface area contributed by atoms with E-state index in [1.165, 1.54) is 0 Å². The van der Waals surface area contributed by atoms with E-state index in [4.69, 9.17) is 9.47 Å². The van der Waals surface area contributed by atoms with Crippen molar-refractivity contribution in [2.75, 3.05) is 38.8 Å². The Kier molecular flexibility index (Phi) is 7.97. The predicted octanol–water partition coefficient (Wildman–Crippen LogP) is 4.77. The van der Waals surface area contributed by atoms with Gasteiger partial charge in [-0.15, -0.1) is 0 Å². The van der Waals surface area contributed by atoms with Crippen LogP contribution in [-0.4, -0.2) is 50.8 Å². The summed E-state index contributed by atoms with van der Waals surface area (Å²) >= 11 is 0. The first-order chi connectivity index (χ1) is 14.8. The van der Waals surface area contributed by atoms with Crippen molar-refractivity contribution in [1.29, 1.82) is 0 Å². The van der Waals surface area contributed by atoms with Gasteiger partial charge in [0.25, 0.3) is 5.91 Å². The Balaban J connectivity index is 1.71. The van der Waals surface area contributed by atoms with Gasteiger partial charge in [0.05, 0.1) is 6.10 Å². The Morgan fingerprint density at radius 2 is 1.90 bits per heavy atom. The number of carbonyl (C=O) groups is 1. The number of ether oxygens (including phenoxy) is 2. The molecule has 1 amide bonds. The van der Waals surface area contributed by atoms with Gasteiger partial charge in [-0.2, -0.15) is 0 Å². The predicted molar refractivity (Wildman–Crippen MR) is 126 cm³/mol. The van der Waals surface area contributed by atoms with E-state index in [-0.39, 0.29) is 18.6 Å². The Labute approximate surface area is 187 Å². The normalized spacial score (nSPS) is 15.9. The van der Waals surface area contributed by atoms with Crippen LogP contribution >= 0.6 is 0 Å². The van der Waals surface area contributed by atoms with Crippen LogP contribution in [0, 0.1) is 6.92 Å². The molecule has 1 heterocycles. The van der Waals surface area contributed by atoms with Gasteiger partial charge >= 0.3 is 0 Å². The van der Waals surface area contributed by atoms with Gasteiger partial charge in [-0.3, -0.25) is 4.79 Å². The average Bonchev–Trinajstić information content (AvgIpc) is 3.25. The summed E-state index contributed by atoms with van der Waals surface area (Å²) in [5.41, 5.74) is 4.51. The molecule has 31 heavy (non-hydrogen) atoms. The number of hydrogen-bond donors (Lipinski definition) is 0. The van der Waals surface area contributed by atoms with Crippen molar-refractivity contribution in [3.63, 3.8) is 0 Å². The van der Waals surface area contributed by atoms with Crippen LogP contribution in [0.1, 0.15) is 49.3 Å². The standard InChI is InChI=1S/C26H36N2O3/c1-19(2)24-13-8-20(3)15-25(24)31-18-26(29)28(17-23-7-6-14-30-23)16-21-9-11-22(12-10-21)27(4)5/h8-13,15,19,23H,6-7,14,16-18H2,1-5H3. The number of aryl methyl sites for hydroxylation is 1. The van der Waals surface area contributed by atoms with E-state index in [9.17, 15) is 4.79 Å². The summed E-state index contributed by atoms with van der Waals surface area (Å²) in [4.78, 5) is 17.1. The zero-order chi connectivity index (χ0) is 22.4. The van der Waals surface area contributed by atoms with Crippen molar-refractivity contribution < 1.29 is 14.3 Å². The molecule has 0 bridgehead atoms. The maximum atomic E-state index is 13.2. The van der Waals surface area contributed by atoms with Crippen molar-refractivity contribution in [3.05, 3.63) is 59.2 Å². The van der Waals surface area contributed by atoms with Crippen molar-refractivity contribution in [1.82, 2.24) is 4.90 Å². The molecule has 1 atom stereocenters. The Hall–Kier alpha value is -2.53. The van der Waals surface area contributed by atoms with Gasteiger partial charge in [-0.1, -0.05) is 38.1 Å². The van der Waals surface area contributed by atoms with Crippen LogP contribution in [-0.2, 0) is 16.1 Å². The maximum absolute atomic E-state index is 13.2. The summed E-state index contributed by atoms with van der Waals surface area (Å²) < 4.78 is 11.8. The van der Waals surface area contributed by atoms with E-state index in [2.05, 4.69) is 55.1 Å². The smallest absolute Gasteiger partial charge is 0.260 e. The van der Waals surface area contributed by atoms with Crippen molar-refractivity contribution in [3.8, 4) is 5.75 Å². The summed E-state index contributed by atoms with van der Waals surface area (Å²) in [5.74, 6) is 1.13. The number of nitrogens with zero attached hydrogens (tertiary/aromatic N) is 2. The average molecular weight is 425 g/mol. The molecule has 1 saturated heterocycles. The van der Waals surface area contributed by atoms with E-state index in [0.29, 0.717) is 19.0 Å². The molecule has 2 aromatic rings. The summed E-state index contributed by atoms with van der Waals surface area (Å²) in [6, 6.07) is 14.5. The van der Waals surface area contributed by atoms with E-state index in [0.717, 1.165) is 47.6 Å². The second-order valence-corrected chi connectivity index (χ2v) is 8.95. The van der Waals surface area contributed by atoms with Gasteiger partial charge in [0, 0.05) is 39.5 Å². The fourth-order valence-corrected chi connectivity index (χ4v) is 3.88. The van der Waals surface area contributed by atoms with Crippen LogP contribution in [0.5, 0.6) is 5.75 Å².